The Morgan fingerprint density at radius 2 is 1.83 bits per heavy atom. The van der Waals surface area contributed by atoms with Crippen LogP contribution in [0.15, 0.2) is 62.7 Å². The van der Waals surface area contributed by atoms with E-state index in [1.54, 1.807) is 18.3 Å². The number of aromatic nitrogens is 3. The molecule has 2 aromatic carbocycles. The van der Waals surface area contributed by atoms with E-state index in [-0.39, 0.29) is 12.4 Å². The van der Waals surface area contributed by atoms with E-state index in [2.05, 4.69) is 15.2 Å². The summed E-state index contributed by atoms with van der Waals surface area (Å²) >= 11 is 1.32. The van der Waals surface area contributed by atoms with Crippen molar-refractivity contribution in [1.29, 1.82) is 0 Å². The number of aryl methyl sites for hydroxylation is 2. The average molecular weight is 411 g/mol. The molecule has 0 bridgehead atoms. The predicted molar refractivity (Wildman–Crippen MR) is 106 cm³/mol. The monoisotopic (exact) mass is 411 g/mol. The Bertz CT molecular complexity index is 1110. The summed E-state index contributed by atoms with van der Waals surface area (Å²) in [6.07, 6.45) is 1.61. The van der Waals surface area contributed by atoms with Crippen LogP contribution in [0.3, 0.4) is 0 Å². The molecule has 0 aliphatic carbocycles. The van der Waals surface area contributed by atoms with Gasteiger partial charge in [0, 0.05) is 5.56 Å². The smallest absolute Gasteiger partial charge is 0.277 e. The van der Waals surface area contributed by atoms with E-state index < -0.39 is 0 Å². The average Bonchev–Trinajstić information content (AvgIpc) is 3.37. The number of nitrogens with zero attached hydrogens (tertiary/aromatic N) is 3. The summed E-state index contributed by atoms with van der Waals surface area (Å²) in [7, 11) is 0. The predicted octanol–water partition coefficient (Wildman–Crippen LogP) is 5.35. The summed E-state index contributed by atoms with van der Waals surface area (Å²) < 4.78 is 30.1. The molecule has 0 aliphatic rings. The normalized spacial score (nSPS) is 11.0. The van der Waals surface area contributed by atoms with E-state index >= 15 is 0 Å². The summed E-state index contributed by atoms with van der Waals surface area (Å²) in [5.74, 6) is 2.42. The van der Waals surface area contributed by atoms with Crippen molar-refractivity contribution >= 4 is 11.8 Å². The first-order chi connectivity index (χ1) is 14.1. The third kappa shape index (κ3) is 4.83. The van der Waals surface area contributed by atoms with E-state index in [0.29, 0.717) is 28.5 Å². The summed E-state index contributed by atoms with van der Waals surface area (Å²) in [5.41, 5.74) is 2.93. The van der Waals surface area contributed by atoms with Crippen molar-refractivity contribution in [2.24, 2.45) is 0 Å². The maximum absolute atomic E-state index is 13.0. The molecule has 0 unspecified atom stereocenters. The molecule has 0 saturated carbocycles. The highest BCUT2D eigenvalue weighted by Gasteiger charge is 2.12. The van der Waals surface area contributed by atoms with Crippen LogP contribution >= 0.6 is 11.8 Å². The minimum atomic E-state index is -0.294. The van der Waals surface area contributed by atoms with E-state index in [4.69, 9.17) is 13.6 Å². The van der Waals surface area contributed by atoms with Gasteiger partial charge in [0.2, 0.25) is 5.89 Å². The molecule has 2 heterocycles. The maximum atomic E-state index is 13.0. The molecule has 0 spiro atoms. The topological polar surface area (TPSA) is 74.2 Å². The van der Waals surface area contributed by atoms with Crippen LogP contribution in [0.1, 0.15) is 22.9 Å². The molecule has 0 radical (unpaired) electrons. The van der Waals surface area contributed by atoms with Gasteiger partial charge in [-0.2, -0.15) is 0 Å². The molecule has 6 nitrogen and oxygen atoms in total. The molecule has 2 aromatic heterocycles. The molecule has 4 aromatic rings. The first kappa shape index (κ1) is 19.2. The van der Waals surface area contributed by atoms with Crippen molar-refractivity contribution in [3.8, 4) is 17.1 Å². The van der Waals surface area contributed by atoms with Gasteiger partial charge < -0.3 is 13.6 Å². The molecular weight excluding hydrogens is 393 g/mol. The van der Waals surface area contributed by atoms with E-state index in [1.807, 2.05) is 32.0 Å². The number of halogens is 1. The second kappa shape index (κ2) is 8.48. The first-order valence-electron chi connectivity index (χ1n) is 8.93. The van der Waals surface area contributed by atoms with Crippen molar-refractivity contribution in [1.82, 2.24) is 15.2 Å². The Morgan fingerprint density at radius 1 is 1.00 bits per heavy atom. The van der Waals surface area contributed by atoms with Crippen molar-refractivity contribution < 1.29 is 18.0 Å². The van der Waals surface area contributed by atoms with Crippen molar-refractivity contribution in [3.05, 3.63) is 77.4 Å². The minimum absolute atomic E-state index is 0.200. The fourth-order valence-electron chi connectivity index (χ4n) is 2.61. The van der Waals surface area contributed by atoms with Crippen molar-refractivity contribution in [2.45, 2.75) is 31.4 Å². The van der Waals surface area contributed by atoms with Gasteiger partial charge in [-0.15, -0.1) is 10.2 Å². The molecule has 8 heteroatoms. The van der Waals surface area contributed by atoms with E-state index in [1.165, 1.54) is 23.9 Å². The van der Waals surface area contributed by atoms with Gasteiger partial charge in [-0.05, 0) is 55.3 Å². The largest absolute Gasteiger partial charge is 0.484 e. The van der Waals surface area contributed by atoms with Crippen molar-refractivity contribution in [3.63, 3.8) is 0 Å². The van der Waals surface area contributed by atoms with E-state index in [9.17, 15) is 4.39 Å². The highest BCUT2D eigenvalue weighted by Crippen LogP contribution is 2.26. The number of ether oxygens (including phenoxy) is 1. The Hall–Kier alpha value is -3.13. The fourth-order valence-corrected chi connectivity index (χ4v) is 3.24. The summed E-state index contributed by atoms with van der Waals surface area (Å²) in [6, 6.07) is 12.1. The molecule has 0 N–H and O–H groups in total. The van der Waals surface area contributed by atoms with Crippen LogP contribution in [0.25, 0.3) is 11.3 Å². The first-order valence-corrected chi connectivity index (χ1v) is 9.91. The SMILES string of the molecule is Cc1ccc(C)c(OCc2nnc(SCc3ncc(-c4ccc(F)cc4)o3)o2)c1. The molecule has 4 rings (SSSR count). The van der Waals surface area contributed by atoms with Crippen LogP contribution < -0.4 is 4.74 Å². The Balaban J connectivity index is 1.33. The highest BCUT2D eigenvalue weighted by molar-refractivity contribution is 7.98. The van der Waals surface area contributed by atoms with Crippen LogP contribution in [0, 0.1) is 19.7 Å². The van der Waals surface area contributed by atoms with Gasteiger partial charge in [0.25, 0.3) is 11.1 Å². The summed E-state index contributed by atoms with van der Waals surface area (Å²) in [6.45, 7) is 4.20. The highest BCUT2D eigenvalue weighted by atomic mass is 32.2. The van der Waals surface area contributed by atoms with Gasteiger partial charge in [-0.25, -0.2) is 9.37 Å². The lowest BCUT2D eigenvalue weighted by molar-refractivity contribution is 0.250. The van der Waals surface area contributed by atoms with Gasteiger partial charge in [0.15, 0.2) is 12.4 Å². The van der Waals surface area contributed by atoms with Gasteiger partial charge in [-0.3, -0.25) is 0 Å². The zero-order valence-electron chi connectivity index (χ0n) is 15.9. The van der Waals surface area contributed by atoms with Crippen LogP contribution in [0.2, 0.25) is 0 Å². The van der Waals surface area contributed by atoms with Crippen LogP contribution in [0.4, 0.5) is 4.39 Å². The third-order valence-corrected chi connectivity index (χ3v) is 4.95. The third-order valence-electron chi connectivity index (χ3n) is 4.14. The lowest BCUT2D eigenvalue weighted by atomic mass is 10.1. The van der Waals surface area contributed by atoms with Crippen LogP contribution in [-0.4, -0.2) is 15.2 Å². The molecule has 0 atom stereocenters. The summed E-state index contributed by atoms with van der Waals surface area (Å²) in [4.78, 5) is 4.24. The molecular formula is C21H18FN3O3S. The Kier molecular flexibility index (Phi) is 5.62. The van der Waals surface area contributed by atoms with Crippen LogP contribution in [-0.2, 0) is 12.4 Å². The number of rotatable bonds is 7. The number of hydrogen-bond acceptors (Lipinski definition) is 7. The van der Waals surface area contributed by atoms with E-state index in [0.717, 1.165) is 22.4 Å². The molecule has 0 amide bonds. The second-order valence-electron chi connectivity index (χ2n) is 6.43. The minimum Gasteiger partial charge on any atom is -0.484 e. The number of hydrogen-bond donors (Lipinski definition) is 0. The number of benzene rings is 2. The Morgan fingerprint density at radius 3 is 2.66 bits per heavy atom. The molecule has 29 heavy (non-hydrogen) atoms. The standard InChI is InChI=1S/C21H18FN3O3S/c1-13-3-4-14(2)17(9-13)26-11-19-24-25-21(28-19)29-12-20-23-10-18(27-20)15-5-7-16(22)8-6-15/h3-10H,11-12H2,1-2H3. The number of oxazole rings is 1. The molecule has 0 saturated heterocycles. The zero-order valence-corrected chi connectivity index (χ0v) is 16.7. The van der Waals surface area contributed by atoms with Gasteiger partial charge in [0.1, 0.15) is 11.6 Å². The Labute approximate surface area is 171 Å². The second-order valence-corrected chi connectivity index (χ2v) is 7.36. The van der Waals surface area contributed by atoms with Gasteiger partial charge in [0.05, 0.1) is 11.9 Å². The zero-order chi connectivity index (χ0) is 20.2. The molecule has 0 fully saturated rings. The lowest BCUT2D eigenvalue weighted by Gasteiger charge is -2.07. The molecule has 148 valence electrons. The molecule has 0 aliphatic heterocycles. The maximum Gasteiger partial charge on any atom is 0.277 e. The van der Waals surface area contributed by atoms with Gasteiger partial charge in [-0.1, -0.05) is 23.9 Å². The summed E-state index contributed by atoms with van der Waals surface area (Å²) in [5, 5.41) is 8.43. The number of thioether (sulfide) groups is 1. The fraction of sp³-hybridized carbons (Fsp3) is 0.190. The van der Waals surface area contributed by atoms with Crippen LogP contribution in [0.5, 0.6) is 5.75 Å². The quantitative estimate of drug-likeness (QED) is 0.379. The van der Waals surface area contributed by atoms with Gasteiger partial charge >= 0.3 is 0 Å². The van der Waals surface area contributed by atoms with Crippen molar-refractivity contribution in [2.75, 3.05) is 0 Å². The lowest BCUT2D eigenvalue weighted by Crippen LogP contribution is -1.97.